The van der Waals surface area contributed by atoms with E-state index in [9.17, 15) is 20.1 Å². The van der Waals surface area contributed by atoms with Gasteiger partial charge in [-0.1, -0.05) is 27.4 Å². The molecule has 4 saturated carbocycles. The predicted molar refractivity (Wildman–Crippen MR) is 90.0 cm³/mol. The van der Waals surface area contributed by atoms with Crippen LogP contribution in [-0.4, -0.2) is 39.4 Å². The lowest BCUT2D eigenvalue weighted by molar-refractivity contribution is -0.245. The molecule has 0 heterocycles. The highest BCUT2D eigenvalue weighted by Crippen LogP contribution is 2.70. The van der Waals surface area contributed by atoms with Crippen LogP contribution in [0, 0.1) is 34.0 Å². The van der Waals surface area contributed by atoms with Gasteiger partial charge in [-0.05, 0) is 49.0 Å². The highest BCUT2D eigenvalue weighted by Gasteiger charge is 2.74. The van der Waals surface area contributed by atoms with E-state index in [2.05, 4.69) is 27.4 Å². The van der Waals surface area contributed by atoms with E-state index in [1.54, 1.807) is 0 Å². The molecule has 0 aromatic rings. The molecule has 8 atom stereocenters. The van der Waals surface area contributed by atoms with E-state index in [1.165, 1.54) is 0 Å². The second kappa shape index (κ2) is 4.72. The van der Waals surface area contributed by atoms with Crippen molar-refractivity contribution < 1.29 is 20.1 Å². The molecule has 0 aromatic heterocycles. The van der Waals surface area contributed by atoms with E-state index in [0.717, 1.165) is 12.8 Å². The Morgan fingerprint density at radius 1 is 1.08 bits per heavy atom. The van der Waals surface area contributed by atoms with Gasteiger partial charge in [0.05, 0.1) is 23.7 Å². The Bertz CT molecular complexity index is 611. The summed E-state index contributed by atoms with van der Waals surface area (Å²) in [5.74, 6) is -0.532. The fourth-order valence-electron chi connectivity index (χ4n) is 7.45. The molecule has 24 heavy (non-hydrogen) atoms. The van der Waals surface area contributed by atoms with Crippen LogP contribution in [0.4, 0.5) is 0 Å². The Hall–Kier alpha value is -0.710. The smallest absolute Gasteiger partial charge is 0.167 e. The van der Waals surface area contributed by atoms with E-state index < -0.39 is 35.1 Å². The Balaban J connectivity index is 1.90. The minimum absolute atomic E-state index is 0.0585. The normalized spacial score (nSPS) is 55.9. The molecule has 4 rings (SSSR count). The van der Waals surface area contributed by atoms with Crippen molar-refractivity contribution in [2.75, 3.05) is 0 Å². The molecule has 0 aromatic carbocycles. The number of aliphatic hydroxyl groups excluding tert-OH is 3. The topological polar surface area (TPSA) is 77.8 Å². The van der Waals surface area contributed by atoms with Crippen LogP contribution in [-0.2, 0) is 4.79 Å². The van der Waals surface area contributed by atoms with Gasteiger partial charge in [-0.2, -0.15) is 0 Å². The zero-order chi connectivity index (χ0) is 17.7. The van der Waals surface area contributed by atoms with Crippen molar-refractivity contribution in [3.05, 3.63) is 12.2 Å². The third-order valence-electron chi connectivity index (χ3n) is 8.50. The number of hydrogen-bond donors (Lipinski definition) is 3. The first kappa shape index (κ1) is 16.7. The first-order valence-corrected chi connectivity index (χ1v) is 9.36. The van der Waals surface area contributed by atoms with Crippen molar-refractivity contribution in [2.45, 2.75) is 71.2 Å². The molecule has 4 aliphatic rings. The fraction of sp³-hybridized carbons (Fsp3) is 0.850. The van der Waals surface area contributed by atoms with E-state index in [-0.39, 0.29) is 23.0 Å². The molecule has 4 fully saturated rings. The van der Waals surface area contributed by atoms with Crippen molar-refractivity contribution in [3.63, 3.8) is 0 Å². The van der Waals surface area contributed by atoms with Gasteiger partial charge < -0.3 is 15.3 Å². The number of carbonyl (C=O) groups is 1. The monoisotopic (exact) mass is 334 g/mol. The van der Waals surface area contributed by atoms with Gasteiger partial charge in [-0.25, -0.2) is 0 Å². The van der Waals surface area contributed by atoms with E-state index in [1.807, 2.05) is 0 Å². The molecule has 0 saturated heterocycles. The average molecular weight is 334 g/mol. The molecule has 0 unspecified atom stereocenters. The highest BCUT2D eigenvalue weighted by molar-refractivity contribution is 6.04. The second-order valence-electron chi connectivity index (χ2n) is 9.73. The zero-order valence-corrected chi connectivity index (χ0v) is 15.0. The summed E-state index contributed by atoms with van der Waals surface area (Å²) in [7, 11) is 0. The minimum Gasteiger partial charge on any atom is -0.393 e. The molecule has 0 radical (unpaired) electrons. The first-order valence-electron chi connectivity index (χ1n) is 9.36. The molecule has 0 amide bonds. The standard InChI is InChI=1S/C20H30O4/c1-10-11-9-12(21)15-19(4)13(18(2,3)7-6-14(19)22)5-8-20(15,16(10)23)17(11)24/h11-15,17,21-22,24H,1,5-9H2,2-4H3/t11-,12-,13+,14-,15-,17+,19-,20+/m0/s1. The van der Waals surface area contributed by atoms with Crippen molar-refractivity contribution in [2.24, 2.45) is 34.0 Å². The summed E-state index contributed by atoms with van der Waals surface area (Å²) in [5, 5.41) is 33.0. The fourth-order valence-corrected chi connectivity index (χ4v) is 7.45. The lowest BCUT2D eigenvalue weighted by atomic mass is 9.39. The summed E-state index contributed by atoms with van der Waals surface area (Å²) in [5.41, 5.74) is -0.948. The second-order valence-corrected chi connectivity index (χ2v) is 9.73. The molecule has 4 nitrogen and oxygen atoms in total. The third-order valence-corrected chi connectivity index (χ3v) is 8.50. The van der Waals surface area contributed by atoms with Gasteiger partial charge in [0.15, 0.2) is 5.78 Å². The molecule has 1 spiro atoms. The van der Waals surface area contributed by atoms with E-state index in [0.29, 0.717) is 24.8 Å². The molecule has 134 valence electrons. The first-order chi connectivity index (χ1) is 11.1. The van der Waals surface area contributed by atoms with E-state index >= 15 is 0 Å². The number of rotatable bonds is 0. The number of aliphatic hydroxyl groups is 3. The maximum Gasteiger partial charge on any atom is 0.167 e. The molecule has 4 aliphatic carbocycles. The van der Waals surface area contributed by atoms with Gasteiger partial charge in [0.2, 0.25) is 0 Å². The quantitative estimate of drug-likeness (QED) is 0.593. The van der Waals surface area contributed by atoms with Gasteiger partial charge in [-0.3, -0.25) is 4.79 Å². The van der Waals surface area contributed by atoms with Crippen LogP contribution in [0.5, 0.6) is 0 Å². The number of fused-ring (bicyclic) bond motifs is 3. The van der Waals surface area contributed by atoms with Gasteiger partial charge >= 0.3 is 0 Å². The Morgan fingerprint density at radius 3 is 2.42 bits per heavy atom. The minimum atomic E-state index is -0.945. The molecule has 2 bridgehead atoms. The SMILES string of the molecule is C=C1C(=O)[C@@]23CC[C@@H]4C(C)(C)CC[C@H](O)[C@@]4(C)[C@@H]2[C@@H](O)C[C@@H]1[C@H]3O. The summed E-state index contributed by atoms with van der Waals surface area (Å²) in [6.45, 7) is 10.5. The lowest BCUT2D eigenvalue weighted by Crippen LogP contribution is -2.68. The van der Waals surface area contributed by atoms with Crippen LogP contribution in [0.15, 0.2) is 12.2 Å². The Labute approximate surface area is 144 Å². The Morgan fingerprint density at radius 2 is 1.75 bits per heavy atom. The average Bonchev–Trinajstić information content (AvgIpc) is 2.62. The van der Waals surface area contributed by atoms with Gasteiger partial charge in [-0.15, -0.1) is 0 Å². The summed E-state index contributed by atoms with van der Waals surface area (Å²) in [6.07, 6.45) is 1.46. The molecule has 0 aliphatic heterocycles. The van der Waals surface area contributed by atoms with Crippen molar-refractivity contribution in [1.82, 2.24) is 0 Å². The van der Waals surface area contributed by atoms with Gasteiger partial charge in [0.25, 0.3) is 0 Å². The van der Waals surface area contributed by atoms with Crippen LogP contribution in [0.3, 0.4) is 0 Å². The number of Topliss-reactive ketones (excluding diaryl/α,β-unsaturated/α-hetero) is 1. The van der Waals surface area contributed by atoms with Crippen LogP contribution >= 0.6 is 0 Å². The van der Waals surface area contributed by atoms with Crippen molar-refractivity contribution >= 4 is 5.78 Å². The number of carbonyl (C=O) groups excluding carboxylic acids is 1. The highest BCUT2D eigenvalue weighted by atomic mass is 16.3. The largest absolute Gasteiger partial charge is 0.393 e. The lowest BCUT2D eigenvalue weighted by Gasteiger charge is -2.66. The molecular formula is C20H30O4. The molecule has 4 heteroatoms. The van der Waals surface area contributed by atoms with Gasteiger partial charge in [0, 0.05) is 17.3 Å². The Kier molecular flexibility index (Phi) is 3.29. The van der Waals surface area contributed by atoms with Crippen molar-refractivity contribution in [1.29, 1.82) is 0 Å². The maximum absolute atomic E-state index is 13.1. The van der Waals surface area contributed by atoms with Crippen LogP contribution in [0.1, 0.15) is 52.9 Å². The predicted octanol–water partition coefficient (Wildman–Crippen LogP) is 2.07. The number of ketones is 1. The summed E-state index contributed by atoms with van der Waals surface area (Å²) >= 11 is 0. The van der Waals surface area contributed by atoms with Gasteiger partial charge in [0.1, 0.15) is 0 Å². The summed E-state index contributed by atoms with van der Waals surface area (Å²) in [4.78, 5) is 13.1. The van der Waals surface area contributed by atoms with Crippen LogP contribution in [0.2, 0.25) is 0 Å². The molecular weight excluding hydrogens is 304 g/mol. The summed E-state index contributed by atoms with van der Waals surface area (Å²) < 4.78 is 0. The third kappa shape index (κ3) is 1.63. The zero-order valence-electron chi connectivity index (χ0n) is 15.0. The van der Waals surface area contributed by atoms with E-state index in [4.69, 9.17) is 0 Å². The maximum atomic E-state index is 13.1. The van der Waals surface area contributed by atoms with Crippen LogP contribution < -0.4 is 0 Å². The number of hydrogen-bond acceptors (Lipinski definition) is 4. The van der Waals surface area contributed by atoms with Crippen molar-refractivity contribution in [3.8, 4) is 0 Å². The van der Waals surface area contributed by atoms with Crippen LogP contribution in [0.25, 0.3) is 0 Å². The summed E-state index contributed by atoms with van der Waals surface area (Å²) in [6, 6.07) is 0. The molecule has 3 N–H and O–H groups in total.